The Balaban J connectivity index is 1.52. The van der Waals surface area contributed by atoms with Crippen molar-refractivity contribution in [1.82, 2.24) is 10.2 Å². The van der Waals surface area contributed by atoms with E-state index in [0.29, 0.717) is 29.8 Å². The lowest BCUT2D eigenvalue weighted by Gasteiger charge is -2.16. The molecule has 0 unspecified atom stereocenters. The molecule has 2 N–H and O–H groups in total. The number of hydrogen-bond donors (Lipinski definition) is 2. The maximum Gasteiger partial charge on any atom is 0.319 e. The minimum Gasteiger partial charge on any atom is -0.339 e. The summed E-state index contributed by atoms with van der Waals surface area (Å²) in [6.07, 6.45) is 2.48. The zero-order valence-corrected chi connectivity index (χ0v) is 14.5. The number of carbonyl (C=O) groups is 2. The van der Waals surface area contributed by atoms with Crippen LogP contribution in [-0.4, -0.2) is 36.5 Å². The fourth-order valence-corrected chi connectivity index (χ4v) is 3.02. The van der Waals surface area contributed by atoms with Gasteiger partial charge in [0, 0.05) is 30.9 Å². The highest BCUT2D eigenvalue weighted by Gasteiger charge is 2.19. The summed E-state index contributed by atoms with van der Waals surface area (Å²) in [5.74, 6) is -0.283. The predicted octanol–water partition coefficient (Wildman–Crippen LogP) is 3.43. The average molecular weight is 355 g/mol. The Morgan fingerprint density at radius 2 is 1.81 bits per heavy atom. The van der Waals surface area contributed by atoms with E-state index in [1.807, 2.05) is 4.90 Å². The molecule has 0 bridgehead atoms. The maximum absolute atomic E-state index is 13.5. The quantitative estimate of drug-likeness (QED) is 0.863. The minimum absolute atomic E-state index is 0.00823. The van der Waals surface area contributed by atoms with Gasteiger partial charge in [-0.2, -0.15) is 0 Å². The molecule has 2 aromatic carbocycles. The van der Waals surface area contributed by atoms with E-state index >= 15 is 0 Å². The first-order valence-corrected chi connectivity index (χ1v) is 8.81. The fourth-order valence-electron chi connectivity index (χ4n) is 3.02. The molecule has 26 heavy (non-hydrogen) atoms. The largest absolute Gasteiger partial charge is 0.339 e. The van der Waals surface area contributed by atoms with E-state index < -0.39 is 0 Å². The van der Waals surface area contributed by atoms with Gasteiger partial charge in [0.05, 0.1) is 0 Å². The third kappa shape index (κ3) is 4.59. The number of likely N-dealkylation sites (tertiary alicyclic amines) is 1. The van der Waals surface area contributed by atoms with Crippen LogP contribution in [0, 0.1) is 5.82 Å². The number of benzene rings is 2. The van der Waals surface area contributed by atoms with Crippen molar-refractivity contribution >= 4 is 17.6 Å². The molecule has 1 aliphatic rings. The molecular weight excluding hydrogens is 333 g/mol. The van der Waals surface area contributed by atoms with Crippen LogP contribution in [0.4, 0.5) is 14.9 Å². The van der Waals surface area contributed by atoms with Crippen molar-refractivity contribution in [3.8, 4) is 0 Å². The topological polar surface area (TPSA) is 61.4 Å². The van der Waals surface area contributed by atoms with Crippen LogP contribution in [0.1, 0.15) is 28.8 Å². The Morgan fingerprint density at radius 3 is 2.58 bits per heavy atom. The number of halogens is 1. The van der Waals surface area contributed by atoms with Crippen molar-refractivity contribution in [2.24, 2.45) is 0 Å². The van der Waals surface area contributed by atoms with Gasteiger partial charge in [-0.05, 0) is 49.1 Å². The molecule has 0 atom stereocenters. The van der Waals surface area contributed by atoms with Crippen molar-refractivity contribution in [1.29, 1.82) is 0 Å². The highest BCUT2D eigenvalue weighted by molar-refractivity contribution is 5.97. The van der Waals surface area contributed by atoms with Crippen LogP contribution >= 0.6 is 0 Å². The summed E-state index contributed by atoms with van der Waals surface area (Å²) in [6, 6.07) is 13.0. The zero-order valence-electron chi connectivity index (χ0n) is 14.5. The molecule has 3 amide bonds. The Morgan fingerprint density at radius 1 is 1.04 bits per heavy atom. The molecule has 136 valence electrons. The lowest BCUT2D eigenvalue weighted by atomic mass is 10.1. The molecule has 0 aliphatic carbocycles. The van der Waals surface area contributed by atoms with Gasteiger partial charge in [0.1, 0.15) is 5.82 Å². The number of hydrogen-bond acceptors (Lipinski definition) is 2. The van der Waals surface area contributed by atoms with Crippen LogP contribution in [0.15, 0.2) is 48.5 Å². The Hall–Kier alpha value is -2.89. The van der Waals surface area contributed by atoms with Gasteiger partial charge >= 0.3 is 6.03 Å². The predicted molar refractivity (Wildman–Crippen MR) is 98.7 cm³/mol. The second kappa shape index (κ2) is 8.47. The normalized spacial score (nSPS) is 13.5. The van der Waals surface area contributed by atoms with Gasteiger partial charge in [0.25, 0.3) is 5.91 Å². The molecule has 0 saturated carbocycles. The SMILES string of the molecule is O=C(NCCc1ccccc1F)Nc1cccc(C(=O)N2CCCC2)c1. The second-order valence-corrected chi connectivity index (χ2v) is 6.30. The van der Waals surface area contributed by atoms with Gasteiger partial charge in [0.15, 0.2) is 0 Å². The van der Waals surface area contributed by atoms with Crippen LogP contribution < -0.4 is 10.6 Å². The third-order valence-corrected chi connectivity index (χ3v) is 4.40. The van der Waals surface area contributed by atoms with Gasteiger partial charge in [0.2, 0.25) is 0 Å². The van der Waals surface area contributed by atoms with Crippen LogP contribution in [0.2, 0.25) is 0 Å². The Bertz CT molecular complexity index is 788. The van der Waals surface area contributed by atoms with Crippen molar-refractivity contribution in [3.05, 3.63) is 65.5 Å². The Kier molecular flexibility index (Phi) is 5.84. The number of urea groups is 1. The number of anilines is 1. The molecule has 1 aliphatic heterocycles. The van der Waals surface area contributed by atoms with Gasteiger partial charge in [-0.25, -0.2) is 9.18 Å². The molecule has 0 spiro atoms. The summed E-state index contributed by atoms with van der Waals surface area (Å²) in [4.78, 5) is 26.2. The summed E-state index contributed by atoms with van der Waals surface area (Å²) in [7, 11) is 0. The number of nitrogens with zero attached hydrogens (tertiary/aromatic N) is 1. The first-order valence-electron chi connectivity index (χ1n) is 8.81. The van der Waals surface area contributed by atoms with E-state index in [1.54, 1.807) is 42.5 Å². The first kappa shape index (κ1) is 17.9. The summed E-state index contributed by atoms with van der Waals surface area (Å²) < 4.78 is 13.5. The van der Waals surface area contributed by atoms with E-state index in [9.17, 15) is 14.0 Å². The van der Waals surface area contributed by atoms with Crippen molar-refractivity contribution in [3.63, 3.8) is 0 Å². The average Bonchev–Trinajstić information content (AvgIpc) is 3.17. The molecule has 2 aromatic rings. The molecule has 0 radical (unpaired) electrons. The van der Waals surface area contributed by atoms with Crippen molar-refractivity contribution < 1.29 is 14.0 Å². The summed E-state index contributed by atoms with van der Waals surface area (Å²) in [5, 5.41) is 5.41. The lowest BCUT2D eigenvalue weighted by molar-refractivity contribution is 0.0793. The number of rotatable bonds is 5. The van der Waals surface area contributed by atoms with Gasteiger partial charge in [-0.1, -0.05) is 24.3 Å². The number of nitrogens with one attached hydrogen (secondary N) is 2. The van der Waals surface area contributed by atoms with Crippen molar-refractivity contribution in [2.75, 3.05) is 25.0 Å². The van der Waals surface area contributed by atoms with E-state index in [1.165, 1.54) is 6.07 Å². The Labute approximate surface area is 152 Å². The third-order valence-electron chi connectivity index (χ3n) is 4.40. The number of amides is 3. The van der Waals surface area contributed by atoms with Gasteiger partial charge in [-0.3, -0.25) is 4.79 Å². The van der Waals surface area contributed by atoms with Crippen molar-refractivity contribution in [2.45, 2.75) is 19.3 Å². The molecule has 0 aromatic heterocycles. The van der Waals surface area contributed by atoms with E-state index in [4.69, 9.17) is 0 Å². The van der Waals surface area contributed by atoms with Crippen LogP contribution in [0.3, 0.4) is 0 Å². The first-order chi connectivity index (χ1) is 12.6. The smallest absolute Gasteiger partial charge is 0.319 e. The zero-order chi connectivity index (χ0) is 18.4. The molecule has 1 fully saturated rings. The summed E-state index contributed by atoms with van der Waals surface area (Å²) >= 11 is 0. The lowest BCUT2D eigenvalue weighted by Crippen LogP contribution is -2.31. The van der Waals surface area contributed by atoms with E-state index in [-0.39, 0.29) is 17.8 Å². The molecule has 3 rings (SSSR count). The van der Waals surface area contributed by atoms with Gasteiger partial charge < -0.3 is 15.5 Å². The number of carbonyl (C=O) groups excluding carboxylic acids is 2. The maximum atomic E-state index is 13.5. The van der Waals surface area contributed by atoms with Gasteiger partial charge in [-0.15, -0.1) is 0 Å². The highest BCUT2D eigenvalue weighted by Crippen LogP contribution is 2.16. The summed E-state index contributed by atoms with van der Waals surface area (Å²) in [5.41, 5.74) is 1.68. The highest BCUT2D eigenvalue weighted by atomic mass is 19.1. The van der Waals surface area contributed by atoms with Crippen LogP contribution in [0.5, 0.6) is 0 Å². The molecule has 6 heteroatoms. The monoisotopic (exact) mass is 355 g/mol. The standard InChI is InChI=1S/C20H22FN3O2/c21-18-9-2-1-6-15(18)10-11-22-20(26)23-17-8-5-7-16(14-17)19(25)24-12-3-4-13-24/h1-2,5-9,14H,3-4,10-13H2,(H2,22,23,26). The second-order valence-electron chi connectivity index (χ2n) is 6.30. The molecule has 1 saturated heterocycles. The fraction of sp³-hybridized carbons (Fsp3) is 0.300. The van der Waals surface area contributed by atoms with E-state index in [2.05, 4.69) is 10.6 Å². The summed E-state index contributed by atoms with van der Waals surface area (Å²) in [6.45, 7) is 1.89. The minimum atomic E-state index is -0.382. The van der Waals surface area contributed by atoms with Crippen LogP contribution in [-0.2, 0) is 6.42 Å². The molecular formula is C20H22FN3O2. The molecule has 1 heterocycles. The molecule has 5 nitrogen and oxygen atoms in total. The van der Waals surface area contributed by atoms with E-state index in [0.717, 1.165) is 25.9 Å². The van der Waals surface area contributed by atoms with Crippen LogP contribution in [0.25, 0.3) is 0 Å².